The molecular formula is C10H15N3. The highest BCUT2D eigenvalue weighted by molar-refractivity contribution is 6.07. The molecule has 1 atom stereocenters. The number of hydrogen-bond donors (Lipinski definition) is 2. The standard InChI is InChI=1S/C10H15N3/c1-6-4-7(2)12-9-5-11-13-8(3)10(6)9/h4,7,11,13H,5H2,1-3H3. The molecule has 70 valence electrons. The Morgan fingerprint density at radius 3 is 3.00 bits per heavy atom. The molecule has 2 aliphatic heterocycles. The molecule has 0 spiro atoms. The van der Waals surface area contributed by atoms with Crippen LogP contribution in [-0.4, -0.2) is 18.3 Å². The Balaban J connectivity index is 2.47. The fourth-order valence-electron chi connectivity index (χ4n) is 1.99. The van der Waals surface area contributed by atoms with Crippen LogP contribution in [-0.2, 0) is 0 Å². The number of fused-ring (bicyclic) bond motifs is 1. The van der Waals surface area contributed by atoms with Crippen LogP contribution in [0.25, 0.3) is 0 Å². The minimum Gasteiger partial charge on any atom is -0.325 e. The number of hydrogen-bond acceptors (Lipinski definition) is 3. The molecule has 0 aliphatic carbocycles. The van der Waals surface area contributed by atoms with E-state index in [1.807, 2.05) is 0 Å². The van der Waals surface area contributed by atoms with Gasteiger partial charge in [0.05, 0.1) is 18.3 Å². The van der Waals surface area contributed by atoms with Gasteiger partial charge >= 0.3 is 0 Å². The summed E-state index contributed by atoms with van der Waals surface area (Å²) in [5.74, 6) is 0. The monoisotopic (exact) mass is 177 g/mol. The molecule has 0 amide bonds. The molecule has 1 unspecified atom stereocenters. The van der Waals surface area contributed by atoms with Gasteiger partial charge in [0.25, 0.3) is 0 Å². The first-order valence-electron chi connectivity index (χ1n) is 4.64. The summed E-state index contributed by atoms with van der Waals surface area (Å²) in [7, 11) is 0. The second-order valence-corrected chi connectivity index (χ2v) is 3.64. The molecule has 0 saturated carbocycles. The van der Waals surface area contributed by atoms with Gasteiger partial charge in [-0.25, -0.2) is 5.43 Å². The molecule has 2 rings (SSSR count). The van der Waals surface area contributed by atoms with Gasteiger partial charge < -0.3 is 5.43 Å². The highest BCUT2D eigenvalue weighted by Gasteiger charge is 2.20. The van der Waals surface area contributed by atoms with E-state index in [0.717, 1.165) is 6.54 Å². The third-order valence-corrected chi connectivity index (χ3v) is 2.44. The molecule has 0 fully saturated rings. The van der Waals surface area contributed by atoms with Crippen LogP contribution in [0.1, 0.15) is 20.8 Å². The van der Waals surface area contributed by atoms with Crippen molar-refractivity contribution in [1.82, 2.24) is 10.9 Å². The highest BCUT2D eigenvalue weighted by Crippen LogP contribution is 2.22. The van der Waals surface area contributed by atoms with Crippen LogP contribution in [0.2, 0.25) is 0 Å². The third kappa shape index (κ3) is 1.40. The number of aliphatic imine (C=N–C) groups is 1. The lowest BCUT2D eigenvalue weighted by molar-refractivity contribution is 0.636. The molecule has 2 aliphatic rings. The first-order chi connectivity index (χ1) is 6.18. The number of allylic oxidation sites excluding steroid dienone is 2. The van der Waals surface area contributed by atoms with E-state index in [4.69, 9.17) is 0 Å². The molecule has 0 bridgehead atoms. The maximum atomic E-state index is 4.58. The van der Waals surface area contributed by atoms with E-state index in [-0.39, 0.29) is 0 Å². The average Bonchev–Trinajstić information content (AvgIpc) is 2.02. The Hall–Kier alpha value is -1.09. The zero-order valence-corrected chi connectivity index (χ0v) is 8.31. The van der Waals surface area contributed by atoms with Crippen molar-refractivity contribution >= 4 is 5.71 Å². The summed E-state index contributed by atoms with van der Waals surface area (Å²) in [5, 5.41) is 0. The molecule has 0 aromatic rings. The van der Waals surface area contributed by atoms with E-state index in [0.29, 0.717) is 6.04 Å². The first-order valence-corrected chi connectivity index (χ1v) is 4.64. The highest BCUT2D eigenvalue weighted by atomic mass is 15.4. The lowest BCUT2D eigenvalue weighted by Crippen LogP contribution is -2.43. The predicted octanol–water partition coefficient (Wildman–Crippen LogP) is 1.16. The lowest BCUT2D eigenvalue weighted by atomic mass is 9.94. The summed E-state index contributed by atoms with van der Waals surface area (Å²) < 4.78 is 0. The van der Waals surface area contributed by atoms with Gasteiger partial charge in [-0.3, -0.25) is 4.99 Å². The Bertz CT molecular complexity index is 323. The van der Waals surface area contributed by atoms with Crippen LogP contribution >= 0.6 is 0 Å². The maximum absolute atomic E-state index is 4.58. The minimum absolute atomic E-state index is 0.325. The molecule has 0 aromatic carbocycles. The molecule has 0 saturated heterocycles. The molecule has 0 aromatic heterocycles. The van der Waals surface area contributed by atoms with Crippen molar-refractivity contribution in [2.75, 3.05) is 6.54 Å². The van der Waals surface area contributed by atoms with Gasteiger partial charge in [0, 0.05) is 11.3 Å². The van der Waals surface area contributed by atoms with E-state index in [1.54, 1.807) is 0 Å². The number of nitrogens with zero attached hydrogens (tertiary/aromatic N) is 1. The Morgan fingerprint density at radius 2 is 2.23 bits per heavy atom. The molecule has 3 nitrogen and oxygen atoms in total. The zero-order valence-electron chi connectivity index (χ0n) is 8.31. The fourth-order valence-corrected chi connectivity index (χ4v) is 1.99. The Labute approximate surface area is 78.6 Å². The molecule has 3 heteroatoms. The summed E-state index contributed by atoms with van der Waals surface area (Å²) in [6, 6.07) is 0.325. The molecular weight excluding hydrogens is 162 g/mol. The molecule has 2 heterocycles. The summed E-state index contributed by atoms with van der Waals surface area (Å²) in [4.78, 5) is 4.58. The van der Waals surface area contributed by atoms with E-state index in [9.17, 15) is 0 Å². The topological polar surface area (TPSA) is 36.4 Å². The quantitative estimate of drug-likeness (QED) is 0.582. The lowest BCUT2D eigenvalue weighted by Gasteiger charge is -2.27. The fraction of sp³-hybridized carbons (Fsp3) is 0.500. The average molecular weight is 177 g/mol. The maximum Gasteiger partial charge on any atom is 0.0661 e. The second kappa shape index (κ2) is 3.00. The summed E-state index contributed by atoms with van der Waals surface area (Å²) >= 11 is 0. The minimum atomic E-state index is 0.325. The smallest absolute Gasteiger partial charge is 0.0661 e. The Kier molecular flexibility index (Phi) is 1.96. The van der Waals surface area contributed by atoms with Crippen molar-refractivity contribution in [2.24, 2.45) is 4.99 Å². The van der Waals surface area contributed by atoms with Gasteiger partial charge in [0.1, 0.15) is 0 Å². The van der Waals surface area contributed by atoms with E-state index < -0.39 is 0 Å². The first kappa shape index (κ1) is 8.51. The van der Waals surface area contributed by atoms with Gasteiger partial charge in [-0.15, -0.1) is 0 Å². The van der Waals surface area contributed by atoms with Crippen LogP contribution in [0.4, 0.5) is 0 Å². The third-order valence-electron chi connectivity index (χ3n) is 2.44. The second-order valence-electron chi connectivity index (χ2n) is 3.64. The van der Waals surface area contributed by atoms with Gasteiger partial charge in [0.2, 0.25) is 0 Å². The molecule has 2 N–H and O–H groups in total. The van der Waals surface area contributed by atoms with E-state index >= 15 is 0 Å². The molecule has 0 radical (unpaired) electrons. The van der Waals surface area contributed by atoms with Crippen molar-refractivity contribution in [3.63, 3.8) is 0 Å². The van der Waals surface area contributed by atoms with Gasteiger partial charge in [-0.05, 0) is 26.3 Å². The van der Waals surface area contributed by atoms with Gasteiger partial charge in [0.15, 0.2) is 0 Å². The number of rotatable bonds is 0. The van der Waals surface area contributed by atoms with Crippen molar-refractivity contribution in [1.29, 1.82) is 0 Å². The van der Waals surface area contributed by atoms with Crippen LogP contribution in [0.3, 0.4) is 0 Å². The van der Waals surface area contributed by atoms with Crippen molar-refractivity contribution in [2.45, 2.75) is 26.8 Å². The summed E-state index contributed by atoms with van der Waals surface area (Å²) in [6.45, 7) is 7.16. The number of nitrogens with one attached hydrogen (secondary N) is 2. The Morgan fingerprint density at radius 1 is 1.46 bits per heavy atom. The van der Waals surface area contributed by atoms with Crippen LogP contribution < -0.4 is 10.9 Å². The SMILES string of the molecule is CC1=CC(C)N=C2CNNC(C)=C12. The van der Waals surface area contributed by atoms with Crippen LogP contribution in [0, 0.1) is 0 Å². The zero-order chi connectivity index (χ0) is 9.42. The molecule has 13 heavy (non-hydrogen) atoms. The normalized spacial score (nSPS) is 27.5. The van der Waals surface area contributed by atoms with Crippen molar-refractivity contribution < 1.29 is 0 Å². The van der Waals surface area contributed by atoms with E-state index in [1.165, 1.54) is 22.6 Å². The van der Waals surface area contributed by atoms with Crippen LogP contribution in [0.5, 0.6) is 0 Å². The van der Waals surface area contributed by atoms with Gasteiger partial charge in [-0.1, -0.05) is 6.08 Å². The predicted molar refractivity (Wildman–Crippen MR) is 54.5 cm³/mol. The number of hydrazine groups is 1. The summed E-state index contributed by atoms with van der Waals surface area (Å²) in [5.41, 5.74) is 11.2. The van der Waals surface area contributed by atoms with Crippen molar-refractivity contribution in [3.05, 3.63) is 22.9 Å². The number of dihydropyridines is 1. The summed E-state index contributed by atoms with van der Waals surface area (Å²) in [6.07, 6.45) is 2.20. The van der Waals surface area contributed by atoms with Gasteiger partial charge in [-0.2, -0.15) is 0 Å². The van der Waals surface area contributed by atoms with E-state index in [2.05, 4.69) is 42.7 Å². The van der Waals surface area contributed by atoms with Crippen LogP contribution in [0.15, 0.2) is 27.9 Å². The van der Waals surface area contributed by atoms with Crippen molar-refractivity contribution in [3.8, 4) is 0 Å². The largest absolute Gasteiger partial charge is 0.325 e.